The van der Waals surface area contributed by atoms with Gasteiger partial charge in [0.15, 0.2) is 11.6 Å². The van der Waals surface area contributed by atoms with Gasteiger partial charge >= 0.3 is 5.97 Å². The molecule has 3 aromatic rings. The van der Waals surface area contributed by atoms with Crippen LogP contribution in [0.4, 0.5) is 4.39 Å². The number of hydrogen-bond acceptors (Lipinski definition) is 4. The molecule has 0 radical (unpaired) electrons. The van der Waals surface area contributed by atoms with E-state index < -0.39 is 11.8 Å². The molecule has 0 aliphatic heterocycles. The van der Waals surface area contributed by atoms with E-state index in [4.69, 9.17) is 4.74 Å². The zero-order chi connectivity index (χ0) is 16.7. The molecule has 0 atom stereocenters. The zero-order valence-electron chi connectivity index (χ0n) is 12.6. The number of rotatable bonds is 4. The number of halogens is 1. The van der Waals surface area contributed by atoms with E-state index in [0.29, 0.717) is 16.5 Å². The van der Waals surface area contributed by atoms with Crippen LogP contribution in [0.3, 0.4) is 0 Å². The van der Waals surface area contributed by atoms with Gasteiger partial charge in [-0.2, -0.15) is 0 Å². The number of ether oxygens (including phenoxy) is 1. The first-order valence-electron chi connectivity index (χ1n) is 7.60. The number of aromatic nitrogens is 2. The topological polar surface area (TPSA) is 72.3 Å². The fourth-order valence-corrected chi connectivity index (χ4v) is 2.74. The van der Waals surface area contributed by atoms with Gasteiger partial charge in [0.1, 0.15) is 5.56 Å². The van der Waals surface area contributed by atoms with Gasteiger partial charge in [0.25, 0.3) is 5.88 Å². The molecular formula is C18H13FN2O3. The number of hydrogen-bond donors (Lipinski definition) is 1. The van der Waals surface area contributed by atoms with Crippen molar-refractivity contribution in [2.45, 2.75) is 18.8 Å². The lowest BCUT2D eigenvalue weighted by molar-refractivity contribution is 0.0695. The molecule has 1 aliphatic carbocycles. The van der Waals surface area contributed by atoms with Crippen LogP contribution in [-0.2, 0) is 0 Å². The number of aromatic carboxylic acids is 1. The predicted octanol–water partition coefficient (Wildman–Crippen LogP) is 4.14. The standard InChI is InChI=1S/C18H13FN2O3/c19-16-11(10-8-9-10)5-3-7-14(16)24-17-15(18(22)23)12-4-1-2-6-13(12)20-21-17/h1-7,10H,8-9H2,(H,22,23). The van der Waals surface area contributed by atoms with Gasteiger partial charge in [-0.05, 0) is 36.5 Å². The molecule has 5 nitrogen and oxygen atoms in total. The largest absolute Gasteiger partial charge is 0.477 e. The Morgan fingerprint density at radius 2 is 1.92 bits per heavy atom. The maximum atomic E-state index is 14.6. The summed E-state index contributed by atoms with van der Waals surface area (Å²) in [7, 11) is 0. The van der Waals surface area contributed by atoms with E-state index >= 15 is 0 Å². The minimum Gasteiger partial charge on any atom is -0.477 e. The number of nitrogens with zero attached hydrogens (tertiary/aromatic N) is 2. The second-order valence-corrected chi connectivity index (χ2v) is 5.74. The van der Waals surface area contributed by atoms with Crippen LogP contribution in [0.1, 0.15) is 34.7 Å². The Hall–Kier alpha value is -3.02. The van der Waals surface area contributed by atoms with Crippen LogP contribution >= 0.6 is 0 Å². The lowest BCUT2D eigenvalue weighted by Gasteiger charge is -2.11. The summed E-state index contributed by atoms with van der Waals surface area (Å²) in [6, 6.07) is 11.6. The molecule has 24 heavy (non-hydrogen) atoms. The van der Waals surface area contributed by atoms with Crippen LogP contribution in [0.15, 0.2) is 42.5 Å². The average molecular weight is 324 g/mol. The molecule has 0 bridgehead atoms. The van der Waals surface area contributed by atoms with E-state index in [1.54, 1.807) is 36.4 Å². The SMILES string of the molecule is O=C(O)c1c(Oc2cccc(C3CC3)c2F)nnc2ccccc12. The van der Waals surface area contributed by atoms with Crippen molar-refractivity contribution in [1.82, 2.24) is 10.2 Å². The lowest BCUT2D eigenvalue weighted by Crippen LogP contribution is -2.06. The van der Waals surface area contributed by atoms with Crippen molar-refractivity contribution in [3.05, 3.63) is 59.4 Å². The summed E-state index contributed by atoms with van der Waals surface area (Å²) in [5.41, 5.74) is 0.907. The fraction of sp³-hybridized carbons (Fsp3) is 0.167. The zero-order valence-corrected chi connectivity index (χ0v) is 12.6. The van der Waals surface area contributed by atoms with Gasteiger partial charge in [0, 0.05) is 5.39 Å². The number of carboxylic acids is 1. The van der Waals surface area contributed by atoms with Crippen LogP contribution in [-0.4, -0.2) is 21.3 Å². The molecule has 120 valence electrons. The van der Waals surface area contributed by atoms with Crippen LogP contribution in [0.5, 0.6) is 11.6 Å². The van der Waals surface area contributed by atoms with Crippen molar-refractivity contribution in [2.24, 2.45) is 0 Å². The number of fused-ring (bicyclic) bond motifs is 1. The highest BCUT2D eigenvalue weighted by Crippen LogP contribution is 2.43. The summed E-state index contributed by atoms with van der Waals surface area (Å²) in [5.74, 6) is -1.70. The quantitative estimate of drug-likeness (QED) is 0.781. The van der Waals surface area contributed by atoms with Crippen molar-refractivity contribution < 1.29 is 19.0 Å². The third-order valence-electron chi connectivity index (χ3n) is 4.07. The highest BCUT2D eigenvalue weighted by Gasteiger charge is 2.28. The molecule has 2 aromatic carbocycles. The predicted molar refractivity (Wildman–Crippen MR) is 84.9 cm³/mol. The molecule has 6 heteroatoms. The molecule has 0 amide bonds. The van der Waals surface area contributed by atoms with Crippen LogP contribution in [0, 0.1) is 5.82 Å². The Morgan fingerprint density at radius 1 is 1.12 bits per heavy atom. The number of benzene rings is 2. The first kappa shape index (κ1) is 14.6. The van der Waals surface area contributed by atoms with Gasteiger partial charge in [-0.3, -0.25) is 0 Å². The van der Waals surface area contributed by atoms with Crippen molar-refractivity contribution >= 4 is 16.9 Å². The number of carbonyl (C=O) groups is 1. The second kappa shape index (κ2) is 5.56. The van der Waals surface area contributed by atoms with Gasteiger partial charge in [-0.1, -0.05) is 30.3 Å². The maximum absolute atomic E-state index is 14.6. The van der Waals surface area contributed by atoms with E-state index in [1.165, 1.54) is 6.07 Å². The molecule has 1 N–H and O–H groups in total. The minimum atomic E-state index is -1.20. The highest BCUT2D eigenvalue weighted by molar-refractivity contribution is 6.04. The highest BCUT2D eigenvalue weighted by atomic mass is 19.1. The van der Waals surface area contributed by atoms with Gasteiger partial charge in [-0.25, -0.2) is 9.18 Å². The average Bonchev–Trinajstić information content (AvgIpc) is 3.41. The maximum Gasteiger partial charge on any atom is 0.342 e. The van der Waals surface area contributed by atoms with Crippen molar-refractivity contribution in [3.8, 4) is 11.6 Å². The molecule has 1 aliphatic rings. The molecular weight excluding hydrogens is 311 g/mol. The Balaban J connectivity index is 1.81. The monoisotopic (exact) mass is 324 g/mol. The second-order valence-electron chi connectivity index (χ2n) is 5.74. The lowest BCUT2D eigenvalue weighted by atomic mass is 10.1. The smallest absolute Gasteiger partial charge is 0.342 e. The summed E-state index contributed by atoms with van der Waals surface area (Å²) in [5, 5.41) is 17.7. The van der Waals surface area contributed by atoms with Gasteiger partial charge in [0.05, 0.1) is 5.52 Å². The van der Waals surface area contributed by atoms with Crippen LogP contribution in [0.25, 0.3) is 10.9 Å². The molecule has 1 heterocycles. The molecule has 1 saturated carbocycles. The Morgan fingerprint density at radius 3 is 2.67 bits per heavy atom. The van der Waals surface area contributed by atoms with E-state index in [9.17, 15) is 14.3 Å². The van der Waals surface area contributed by atoms with Crippen LogP contribution < -0.4 is 4.74 Å². The minimum absolute atomic E-state index is 0.0357. The van der Waals surface area contributed by atoms with E-state index in [-0.39, 0.29) is 23.1 Å². The molecule has 0 unspecified atom stereocenters. The summed E-state index contributed by atoms with van der Waals surface area (Å²) in [6.45, 7) is 0. The fourth-order valence-electron chi connectivity index (χ4n) is 2.74. The molecule has 4 rings (SSSR count). The summed E-state index contributed by atoms with van der Waals surface area (Å²) in [6.07, 6.45) is 1.91. The van der Waals surface area contributed by atoms with Crippen molar-refractivity contribution in [1.29, 1.82) is 0 Å². The molecule has 0 spiro atoms. The van der Waals surface area contributed by atoms with E-state index in [0.717, 1.165) is 12.8 Å². The number of carboxylic acid groups (broad SMARTS) is 1. The van der Waals surface area contributed by atoms with Crippen molar-refractivity contribution in [2.75, 3.05) is 0 Å². The first-order chi connectivity index (χ1) is 11.6. The first-order valence-corrected chi connectivity index (χ1v) is 7.60. The Labute approximate surface area is 136 Å². The van der Waals surface area contributed by atoms with Crippen molar-refractivity contribution in [3.63, 3.8) is 0 Å². The molecule has 1 fully saturated rings. The summed E-state index contributed by atoms with van der Waals surface area (Å²) < 4.78 is 20.1. The summed E-state index contributed by atoms with van der Waals surface area (Å²) >= 11 is 0. The Kier molecular flexibility index (Phi) is 3.37. The van der Waals surface area contributed by atoms with E-state index in [2.05, 4.69) is 10.2 Å². The normalized spacial score (nSPS) is 13.9. The summed E-state index contributed by atoms with van der Waals surface area (Å²) in [4.78, 5) is 11.7. The van der Waals surface area contributed by atoms with Gasteiger partial charge in [0.2, 0.25) is 0 Å². The third kappa shape index (κ3) is 2.46. The third-order valence-corrected chi connectivity index (χ3v) is 4.07. The van der Waals surface area contributed by atoms with Gasteiger partial charge < -0.3 is 9.84 Å². The molecule has 0 saturated heterocycles. The van der Waals surface area contributed by atoms with Crippen LogP contribution in [0.2, 0.25) is 0 Å². The Bertz CT molecular complexity index is 954. The van der Waals surface area contributed by atoms with E-state index in [1.807, 2.05) is 0 Å². The van der Waals surface area contributed by atoms with Gasteiger partial charge in [-0.15, -0.1) is 10.2 Å². The molecule has 1 aromatic heterocycles.